The van der Waals surface area contributed by atoms with E-state index in [0.29, 0.717) is 16.8 Å². The van der Waals surface area contributed by atoms with Gasteiger partial charge in [0.25, 0.3) is 0 Å². The summed E-state index contributed by atoms with van der Waals surface area (Å²) in [6.45, 7) is 11.2. The quantitative estimate of drug-likeness (QED) is 0.337. The first-order chi connectivity index (χ1) is 8.88. The van der Waals surface area contributed by atoms with E-state index in [-0.39, 0.29) is 17.7 Å². The van der Waals surface area contributed by atoms with Gasteiger partial charge in [-0.3, -0.25) is 9.59 Å². The third-order valence-electron chi connectivity index (χ3n) is 2.73. The van der Waals surface area contributed by atoms with E-state index in [9.17, 15) is 9.59 Å². The van der Waals surface area contributed by atoms with E-state index in [4.69, 9.17) is 11.6 Å². The van der Waals surface area contributed by atoms with Crippen molar-refractivity contribution >= 4 is 23.8 Å². The first kappa shape index (κ1) is 17.6. The lowest BCUT2D eigenvalue weighted by Crippen LogP contribution is -2.28. The zero-order chi connectivity index (χ0) is 15.0. The molecule has 0 fully saturated rings. The number of aldehydes is 1. The molecule has 1 amide bonds. The second-order valence-electron chi connectivity index (χ2n) is 4.55. The molecule has 0 aromatic carbocycles. The van der Waals surface area contributed by atoms with E-state index >= 15 is 0 Å². The lowest BCUT2D eigenvalue weighted by Gasteiger charge is -2.15. The molecule has 19 heavy (non-hydrogen) atoms. The molecular weight excluding hydrogens is 262 g/mol. The van der Waals surface area contributed by atoms with Gasteiger partial charge in [0.2, 0.25) is 5.91 Å². The third-order valence-corrected chi connectivity index (χ3v) is 3.00. The van der Waals surface area contributed by atoms with E-state index in [0.717, 1.165) is 18.3 Å². The van der Waals surface area contributed by atoms with Gasteiger partial charge in [-0.15, -0.1) is 11.6 Å². The van der Waals surface area contributed by atoms with Crippen LogP contribution in [0.4, 0.5) is 0 Å². The topological polar surface area (TPSA) is 46.2 Å². The lowest BCUT2D eigenvalue weighted by atomic mass is 10.0. The minimum absolute atomic E-state index is 0.118. The Kier molecular flexibility index (Phi) is 8.08. The summed E-state index contributed by atoms with van der Waals surface area (Å²) < 4.78 is 0. The average Bonchev–Trinajstić information content (AvgIpc) is 2.36. The number of rotatable bonds is 7. The number of carbonyl (C=O) groups is 2. The molecule has 0 saturated carbocycles. The minimum Gasteiger partial charge on any atom is -0.326 e. The van der Waals surface area contributed by atoms with Crippen molar-refractivity contribution in [2.45, 2.75) is 34.1 Å². The number of hydrogen-bond donors (Lipinski definition) is 1. The van der Waals surface area contributed by atoms with Crippen LogP contribution < -0.4 is 5.32 Å². The number of hydrogen-bond acceptors (Lipinski definition) is 2. The zero-order valence-electron chi connectivity index (χ0n) is 12.0. The molecule has 0 saturated heterocycles. The summed E-state index contributed by atoms with van der Waals surface area (Å²) >= 11 is 5.91. The number of allylic oxidation sites excluding steroid dienone is 4. The Morgan fingerprint density at radius 2 is 2.00 bits per heavy atom. The van der Waals surface area contributed by atoms with Gasteiger partial charge in [0.1, 0.15) is 6.29 Å². The highest BCUT2D eigenvalue weighted by molar-refractivity contribution is 6.20. The Bertz CT molecular complexity index is 420. The zero-order valence-corrected chi connectivity index (χ0v) is 12.8. The molecule has 106 valence electrons. The van der Waals surface area contributed by atoms with Crippen LogP contribution in [0.1, 0.15) is 34.1 Å². The largest absolute Gasteiger partial charge is 0.326 e. The Balaban J connectivity index is 5.28. The fraction of sp³-hybridized carbons (Fsp3) is 0.467. The summed E-state index contributed by atoms with van der Waals surface area (Å²) in [7, 11) is 0. The maximum Gasteiger partial charge on any atom is 0.226 e. The second kappa shape index (κ2) is 8.70. The van der Waals surface area contributed by atoms with Crippen LogP contribution >= 0.6 is 11.6 Å². The smallest absolute Gasteiger partial charge is 0.226 e. The molecule has 1 N–H and O–H groups in total. The highest BCUT2D eigenvalue weighted by Gasteiger charge is 2.13. The Morgan fingerprint density at radius 1 is 1.42 bits per heavy atom. The van der Waals surface area contributed by atoms with Crippen LogP contribution in [0.2, 0.25) is 0 Å². The molecule has 3 nitrogen and oxygen atoms in total. The van der Waals surface area contributed by atoms with E-state index in [1.54, 1.807) is 20.8 Å². The highest BCUT2D eigenvalue weighted by atomic mass is 35.5. The Morgan fingerprint density at radius 3 is 2.37 bits per heavy atom. The van der Waals surface area contributed by atoms with Crippen molar-refractivity contribution in [2.24, 2.45) is 5.92 Å². The van der Waals surface area contributed by atoms with Crippen LogP contribution in [-0.2, 0) is 9.59 Å². The van der Waals surface area contributed by atoms with Crippen molar-refractivity contribution < 1.29 is 9.59 Å². The van der Waals surface area contributed by atoms with Crippen molar-refractivity contribution in [3.05, 3.63) is 35.1 Å². The maximum atomic E-state index is 11.6. The van der Waals surface area contributed by atoms with E-state index < -0.39 is 0 Å². The Hall–Kier alpha value is -1.35. The van der Waals surface area contributed by atoms with Crippen molar-refractivity contribution in [1.82, 2.24) is 5.32 Å². The van der Waals surface area contributed by atoms with E-state index in [1.165, 1.54) is 0 Å². The van der Waals surface area contributed by atoms with Gasteiger partial charge in [0.15, 0.2) is 0 Å². The SMILES string of the molecule is C=C(NC(=O)C(C)C)/C(CCl)=C(C)/C(C=O)=C\CC. The summed E-state index contributed by atoms with van der Waals surface area (Å²) in [5.41, 5.74) is 2.47. The second-order valence-corrected chi connectivity index (χ2v) is 4.81. The molecule has 0 aliphatic heterocycles. The van der Waals surface area contributed by atoms with Crippen molar-refractivity contribution in [2.75, 3.05) is 5.88 Å². The van der Waals surface area contributed by atoms with Gasteiger partial charge in [-0.2, -0.15) is 0 Å². The van der Waals surface area contributed by atoms with Crippen LogP contribution in [0, 0.1) is 5.92 Å². The normalized spacial score (nSPS) is 13.1. The van der Waals surface area contributed by atoms with Gasteiger partial charge in [-0.1, -0.05) is 33.4 Å². The summed E-state index contributed by atoms with van der Waals surface area (Å²) in [6, 6.07) is 0. The monoisotopic (exact) mass is 283 g/mol. The predicted octanol–water partition coefficient (Wildman–Crippen LogP) is 3.36. The fourth-order valence-corrected chi connectivity index (χ4v) is 1.82. The fourth-order valence-electron chi connectivity index (χ4n) is 1.46. The summed E-state index contributed by atoms with van der Waals surface area (Å²) in [4.78, 5) is 22.7. The van der Waals surface area contributed by atoms with Gasteiger partial charge < -0.3 is 5.32 Å². The number of alkyl halides is 1. The molecule has 0 aromatic rings. The van der Waals surface area contributed by atoms with Crippen LogP contribution in [0.5, 0.6) is 0 Å². The number of nitrogens with one attached hydrogen (secondary N) is 1. The molecule has 0 bridgehead atoms. The van der Waals surface area contributed by atoms with Gasteiger partial charge in [-0.25, -0.2) is 0 Å². The molecule has 4 heteroatoms. The molecule has 0 radical (unpaired) electrons. The van der Waals surface area contributed by atoms with E-state index in [2.05, 4.69) is 11.9 Å². The maximum absolute atomic E-state index is 11.6. The summed E-state index contributed by atoms with van der Waals surface area (Å²) in [6.07, 6.45) is 3.38. The van der Waals surface area contributed by atoms with Crippen LogP contribution in [0.25, 0.3) is 0 Å². The van der Waals surface area contributed by atoms with Crippen molar-refractivity contribution in [3.8, 4) is 0 Å². The Labute approximate surface area is 120 Å². The molecular formula is C15H22ClNO2. The van der Waals surface area contributed by atoms with Gasteiger partial charge in [-0.05, 0) is 24.5 Å². The molecule has 0 unspecified atom stereocenters. The number of amides is 1. The number of carbonyl (C=O) groups excluding carboxylic acids is 2. The van der Waals surface area contributed by atoms with Gasteiger partial charge in [0.05, 0.1) is 0 Å². The number of halogens is 1. The predicted molar refractivity (Wildman–Crippen MR) is 80.0 cm³/mol. The van der Waals surface area contributed by atoms with Crippen LogP contribution in [0.15, 0.2) is 35.1 Å². The molecule has 0 heterocycles. The first-order valence-corrected chi connectivity index (χ1v) is 6.83. The summed E-state index contributed by atoms with van der Waals surface area (Å²) in [5, 5.41) is 2.71. The molecule has 0 aliphatic carbocycles. The molecule has 0 atom stereocenters. The average molecular weight is 284 g/mol. The van der Waals surface area contributed by atoms with Crippen molar-refractivity contribution in [1.29, 1.82) is 0 Å². The molecule has 0 aromatic heterocycles. The van der Waals surface area contributed by atoms with Crippen LogP contribution in [-0.4, -0.2) is 18.1 Å². The van der Waals surface area contributed by atoms with Gasteiger partial charge >= 0.3 is 0 Å². The van der Waals surface area contributed by atoms with E-state index in [1.807, 2.05) is 13.0 Å². The molecule has 0 aliphatic rings. The third kappa shape index (κ3) is 5.43. The molecule has 0 rings (SSSR count). The van der Waals surface area contributed by atoms with Crippen molar-refractivity contribution in [3.63, 3.8) is 0 Å². The first-order valence-electron chi connectivity index (χ1n) is 6.30. The lowest BCUT2D eigenvalue weighted by molar-refractivity contribution is -0.123. The van der Waals surface area contributed by atoms with Crippen LogP contribution in [0.3, 0.4) is 0 Å². The minimum atomic E-state index is -0.134. The summed E-state index contributed by atoms with van der Waals surface area (Å²) in [5.74, 6) is -0.0595. The standard InChI is InChI=1S/C15H22ClNO2/c1-6-7-13(9-18)11(4)14(8-16)12(5)17-15(19)10(2)3/h7,9-10H,5-6,8H2,1-4H3,(H,17,19)/b13-7-,14-11+. The molecule has 0 spiro atoms. The highest BCUT2D eigenvalue weighted by Crippen LogP contribution is 2.19. The van der Waals surface area contributed by atoms with Gasteiger partial charge in [0, 0.05) is 23.1 Å².